The van der Waals surface area contributed by atoms with E-state index in [2.05, 4.69) is 9.11 Å². The Morgan fingerprint density at radius 2 is 1.79 bits per heavy atom. The fourth-order valence-corrected chi connectivity index (χ4v) is 2.47. The Kier molecular flexibility index (Phi) is 5.39. The average molecular weight is 360 g/mol. The molecule has 10 heteroatoms. The van der Waals surface area contributed by atoms with E-state index in [-0.39, 0.29) is 27.9 Å². The molecule has 0 amide bonds. The monoisotopic (exact) mass is 360 g/mol. The smallest absolute Gasteiger partial charge is 0.346 e. The van der Waals surface area contributed by atoms with Gasteiger partial charge in [-0.15, -0.1) is 0 Å². The molecule has 1 aromatic heterocycles. The third-order valence-electron chi connectivity index (χ3n) is 3.09. The van der Waals surface area contributed by atoms with E-state index in [1.54, 1.807) is 0 Å². The maximum Gasteiger partial charge on any atom is 0.346 e. The molecule has 0 radical (unpaired) electrons. The Bertz CT molecular complexity index is 738. The lowest BCUT2D eigenvalue weighted by molar-refractivity contribution is 0.0596. The predicted octanol–water partition coefficient (Wildman–Crippen LogP) is 2.39. The number of aromatic nitrogens is 1. The Morgan fingerprint density at radius 3 is 2.29 bits per heavy atom. The van der Waals surface area contributed by atoms with Crippen LogP contribution in [-0.2, 0) is 11.3 Å². The molecule has 0 bridgehead atoms. The molecule has 1 aromatic carbocycles. The number of hydrogen-bond acceptors (Lipinski definition) is 8. The van der Waals surface area contributed by atoms with Gasteiger partial charge in [-0.1, -0.05) is 0 Å². The van der Waals surface area contributed by atoms with Gasteiger partial charge in [0.25, 0.3) is 0 Å². The summed E-state index contributed by atoms with van der Waals surface area (Å²) in [5, 5.41) is 0.0704. The summed E-state index contributed by atoms with van der Waals surface area (Å²) >= 11 is 0.799. The molecule has 2 rings (SSSR count). The number of esters is 1. The number of anilines is 1. The summed E-state index contributed by atoms with van der Waals surface area (Å²) in [6, 6.07) is 1.08. The first-order valence-electron chi connectivity index (χ1n) is 6.49. The van der Waals surface area contributed by atoms with Crippen LogP contribution in [0.25, 0.3) is 0 Å². The van der Waals surface area contributed by atoms with Gasteiger partial charge in [0.05, 0.1) is 26.9 Å². The van der Waals surface area contributed by atoms with Gasteiger partial charge in [0.2, 0.25) is 5.88 Å². The number of hydrogen-bond donors (Lipinski definition) is 1. The number of halogens is 2. The second kappa shape index (κ2) is 7.30. The Balaban J connectivity index is 2.35. The van der Waals surface area contributed by atoms with Crippen molar-refractivity contribution >= 4 is 22.5 Å². The highest BCUT2D eigenvalue weighted by Gasteiger charge is 2.24. The molecule has 0 aliphatic carbocycles. The highest BCUT2D eigenvalue weighted by Crippen LogP contribution is 2.33. The van der Waals surface area contributed by atoms with Gasteiger partial charge in [0.1, 0.15) is 11.6 Å². The number of nitrogens with zero attached hydrogens (tertiary/aromatic N) is 1. The van der Waals surface area contributed by atoms with E-state index >= 15 is 0 Å². The molecule has 130 valence electrons. The van der Waals surface area contributed by atoms with Crippen molar-refractivity contribution in [2.24, 2.45) is 0 Å². The minimum atomic E-state index is -0.946. The molecule has 24 heavy (non-hydrogen) atoms. The number of rotatable bonds is 6. The Hall–Kier alpha value is -2.62. The quantitative estimate of drug-likeness (QED) is 0.791. The lowest BCUT2D eigenvalue weighted by atomic mass is 10.1. The average Bonchev–Trinajstić information content (AvgIpc) is 2.95. The van der Waals surface area contributed by atoms with Gasteiger partial charge in [0, 0.05) is 6.07 Å². The minimum Gasteiger partial charge on any atom is -0.494 e. The van der Waals surface area contributed by atoms with Crippen LogP contribution in [0.15, 0.2) is 6.07 Å². The molecular weight excluding hydrogens is 346 g/mol. The SMILES string of the molecule is COC(=O)c1c(OCc2c(F)c(OC)cc(OC)c2F)nsc1N. The first-order valence-corrected chi connectivity index (χ1v) is 7.27. The van der Waals surface area contributed by atoms with Crippen LogP contribution in [-0.4, -0.2) is 31.7 Å². The fourth-order valence-electron chi connectivity index (χ4n) is 1.88. The van der Waals surface area contributed by atoms with E-state index in [1.165, 1.54) is 14.2 Å². The van der Waals surface area contributed by atoms with Crippen LogP contribution < -0.4 is 19.9 Å². The third-order valence-corrected chi connectivity index (χ3v) is 3.75. The van der Waals surface area contributed by atoms with Gasteiger partial charge in [0.15, 0.2) is 28.7 Å². The van der Waals surface area contributed by atoms with Crippen LogP contribution in [0, 0.1) is 11.6 Å². The predicted molar refractivity (Wildman–Crippen MR) is 81.7 cm³/mol. The zero-order valence-corrected chi connectivity index (χ0v) is 13.8. The van der Waals surface area contributed by atoms with Gasteiger partial charge in [-0.2, -0.15) is 4.37 Å². The van der Waals surface area contributed by atoms with E-state index in [1.807, 2.05) is 0 Å². The first-order chi connectivity index (χ1) is 11.4. The van der Waals surface area contributed by atoms with Crippen molar-refractivity contribution in [2.45, 2.75) is 6.61 Å². The highest BCUT2D eigenvalue weighted by molar-refractivity contribution is 7.10. The van der Waals surface area contributed by atoms with Crippen molar-refractivity contribution in [3.63, 3.8) is 0 Å². The number of carbonyl (C=O) groups is 1. The van der Waals surface area contributed by atoms with Gasteiger partial charge in [-0.3, -0.25) is 0 Å². The highest BCUT2D eigenvalue weighted by atomic mass is 32.1. The summed E-state index contributed by atoms with van der Waals surface area (Å²) < 4.78 is 51.8. The van der Waals surface area contributed by atoms with Crippen molar-refractivity contribution < 1.29 is 32.5 Å². The van der Waals surface area contributed by atoms with Crippen molar-refractivity contribution in [3.8, 4) is 17.4 Å². The molecule has 2 aromatic rings. The number of methoxy groups -OCH3 is 3. The van der Waals surface area contributed by atoms with Crippen LogP contribution in [0.5, 0.6) is 17.4 Å². The van der Waals surface area contributed by atoms with Crippen LogP contribution >= 0.6 is 11.5 Å². The molecule has 2 N–H and O–H groups in total. The molecule has 0 unspecified atom stereocenters. The van der Waals surface area contributed by atoms with Crippen molar-refractivity contribution in [1.82, 2.24) is 4.37 Å². The third kappa shape index (κ3) is 3.18. The van der Waals surface area contributed by atoms with E-state index in [0.717, 1.165) is 24.7 Å². The lowest BCUT2D eigenvalue weighted by Gasteiger charge is -2.13. The normalized spacial score (nSPS) is 10.4. The molecule has 0 spiro atoms. The molecule has 1 heterocycles. The number of nitrogens with two attached hydrogens (primary N) is 1. The summed E-state index contributed by atoms with van der Waals surface area (Å²) in [5.41, 5.74) is 5.09. The second-order valence-electron chi connectivity index (χ2n) is 4.39. The summed E-state index contributed by atoms with van der Waals surface area (Å²) in [5.74, 6) is -3.25. The summed E-state index contributed by atoms with van der Waals surface area (Å²) in [4.78, 5) is 11.7. The second-order valence-corrected chi connectivity index (χ2v) is 5.20. The zero-order chi connectivity index (χ0) is 17.9. The van der Waals surface area contributed by atoms with Crippen molar-refractivity contribution in [3.05, 3.63) is 28.8 Å². The zero-order valence-electron chi connectivity index (χ0n) is 13.0. The Morgan fingerprint density at radius 1 is 1.21 bits per heavy atom. The van der Waals surface area contributed by atoms with E-state index in [0.29, 0.717) is 0 Å². The number of benzene rings is 1. The van der Waals surface area contributed by atoms with Gasteiger partial charge in [-0.05, 0) is 11.5 Å². The maximum absolute atomic E-state index is 14.2. The van der Waals surface area contributed by atoms with Gasteiger partial charge in [-0.25, -0.2) is 13.6 Å². The van der Waals surface area contributed by atoms with E-state index in [9.17, 15) is 13.6 Å². The molecule has 0 aliphatic rings. The molecule has 0 saturated carbocycles. The Labute approximate surface area is 140 Å². The molecule has 0 fully saturated rings. The van der Waals surface area contributed by atoms with E-state index < -0.39 is 29.8 Å². The molecule has 0 aliphatic heterocycles. The van der Waals surface area contributed by atoms with E-state index in [4.69, 9.17) is 19.9 Å². The fraction of sp³-hybridized carbons (Fsp3) is 0.286. The lowest BCUT2D eigenvalue weighted by Crippen LogP contribution is -2.09. The summed E-state index contributed by atoms with van der Waals surface area (Å²) in [6.07, 6.45) is 0. The number of carbonyl (C=O) groups excluding carboxylic acids is 1. The number of ether oxygens (including phenoxy) is 4. The summed E-state index contributed by atoms with van der Waals surface area (Å²) in [7, 11) is 3.63. The molecular formula is C14H14F2N2O5S. The maximum atomic E-state index is 14.2. The topological polar surface area (TPSA) is 92.9 Å². The molecule has 0 saturated heterocycles. The largest absolute Gasteiger partial charge is 0.494 e. The van der Waals surface area contributed by atoms with Crippen molar-refractivity contribution in [2.75, 3.05) is 27.1 Å². The van der Waals surface area contributed by atoms with Gasteiger partial charge >= 0.3 is 5.97 Å². The van der Waals surface area contributed by atoms with Gasteiger partial charge < -0.3 is 24.7 Å². The molecule has 0 atom stereocenters. The van der Waals surface area contributed by atoms with Crippen LogP contribution in [0.3, 0.4) is 0 Å². The van der Waals surface area contributed by atoms with Crippen LogP contribution in [0.1, 0.15) is 15.9 Å². The first kappa shape index (κ1) is 17.7. The van der Waals surface area contributed by atoms with Crippen LogP contribution in [0.4, 0.5) is 13.8 Å². The number of nitrogen functional groups attached to an aromatic ring is 1. The minimum absolute atomic E-state index is 0.0704. The summed E-state index contributed by atoms with van der Waals surface area (Å²) in [6.45, 7) is -0.557. The molecule has 7 nitrogen and oxygen atoms in total. The van der Waals surface area contributed by atoms with Crippen molar-refractivity contribution in [1.29, 1.82) is 0 Å². The van der Waals surface area contributed by atoms with Crippen LogP contribution in [0.2, 0.25) is 0 Å². The standard InChI is InChI=1S/C14H14F2N2O5S/c1-20-7-4-8(21-2)11(16)6(10(7)15)5-23-13-9(14(19)22-3)12(17)24-18-13/h4H,5,17H2,1-3H3.